The summed E-state index contributed by atoms with van der Waals surface area (Å²) in [5.41, 5.74) is 1.15. The molecule has 1 saturated heterocycles. The standard InChI is InChI=1S/C22H20N2O5S3/c1-29-9-4-2-8(3-5-9)13-14-10-6-11(17(14)31-19-18(13)32-22(30)23-19)16-15(10)20(27)24(21(16)28)7-12(25)26/h2-5,10-11,13-17H,6-7H2,1H3,(H,23,30)(H,25,26). The zero-order valence-electron chi connectivity index (χ0n) is 17.0. The van der Waals surface area contributed by atoms with Gasteiger partial charge < -0.3 is 14.8 Å². The summed E-state index contributed by atoms with van der Waals surface area (Å²) < 4.78 is 6.06. The van der Waals surface area contributed by atoms with E-state index in [4.69, 9.17) is 17.0 Å². The van der Waals surface area contributed by atoms with E-state index in [-0.39, 0.29) is 40.7 Å². The summed E-state index contributed by atoms with van der Waals surface area (Å²) in [5.74, 6) is -1.42. The van der Waals surface area contributed by atoms with Crippen LogP contribution in [-0.4, -0.2) is 51.7 Å². The Morgan fingerprint density at radius 1 is 1.22 bits per heavy atom. The lowest BCUT2D eigenvalue weighted by Crippen LogP contribution is -2.42. The molecule has 2 aromatic rings. The van der Waals surface area contributed by atoms with Crippen LogP contribution in [0.25, 0.3) is 0 Å². The third kappa shape index (κ3) is 2.72. The van der Waals surface area contributed by atoms with E-state index >= 15 is 0 Å². The smallest absolute Gasteiger partial charge is 0.323 e. The highest BCUT2D eigenvalue weighted by atomic mass is 32.2. The molecule has 1 aromatic carbocycles. The Bertz CT molecular complexity index is 1200. The molecule has 32 heavy (non-hydrogen) atoms. The van der Waals surface area contributed by atoms with Crippen LogP contribution in [0.4, 0.5) is 0 Å². The number of carbonyl (C=O) groups is 3. The molecule has 7 nitrogen and oxygen atoms in total. The third-order valence-electron chi connectivity index (χ3n) is 7.58. The second-order valence-corrected chi connectivity index (χ2v) is 11.8. The van der Waals surface area contributed by atoms with Crippen LogP contribution in [0.2, 0.25) is 0 Å². The van der Waals surface area contributed by atoms with Crippen molar-refractivity contribution in [2.45, 2.75) is 22.6 Å². The van der Waals surface area contributed by atoms with Gasteiger partial charge in [-0.15, -0.1) is 23.1 Å². The molecular formula is C22H20N2O5S3. The monoisotopic (exact) mass is 488 g/mol. The largest absolute Gasteiger partial charge is 0.497 e. The van der Waals surface area contributed by atoms with Gasteiger partial charge in [0.1, 0.15) is 12.3 Å². The van der Waals surface area contributed by atoms with Gasteiger partial charge in [-0.3, -0.25) is 19.3 Å². The number of carbonyl (C=O) groups excluding carboxylic acids is 2. The molecule has 10 heteroatoms. The third-order valence-corrected chi connectivity index (χ3v) is 10.5. The van der Waals surface area contributed by atoms with Gasteiger partial charge in [0.2, 0.25) is 11.8 Å². The Morgan fingerprint density at radius 2 is 1.91 bits per heavy atom. The first-order valence-corrected chi connectivity index (χ1v) is 12.6. The highest BCUT2D eigenvalue weighted by Crippen LogP contribution is 2.68. The van der Waals surface area contributed by atoms with Gasteiger partial charge in [0, 0.05) is 16.0 Å². The van der Waals surface area contributed by atoms with Gasteiger partial charge in [0.15, 0.2) is 3.95 Å². The van der Waals surface area contributed by atoms with Gasteiger partial charge in [-0.05, 0) is 54.1 Å². The van der Waals surface area contributed by atoms with Gasteiger partial charge in [-0.25, -0.2) is 0 Å². The second-order valence-electron chi connectivity index (χ2n) is 8.89. The number of thiazole rings is 1. The first kappa shape index (κ1) is 20.4. The second kappa shape index (κ2) is 7.16. The van der Waals surface area contributed by atoms with Crippen molar-refractivity contribution in [3.05, 3.63) is 38.7 Å². The average Bonchev–Trinajstić information content (AvgIpc) is 3.49. The number of carboxylic acids is 1. The predicted molar refractivity (Wildman–Crippen MR) is 120 cm³/mol. The molecule has 2 bridgehead atoms. The summed E-state index contributed by atoms with van der Waals surface area (Å²) in [6, 6.07) is 8.05. The Balaban J connectivity index is 1.44. The normalized spacial score (nSPS) is 34.4. The van der Waals surface area contributed by atoms with Crippen molar-refractivity contribution in [1.29, 1.82) is 0 Å². The molecule has 2 aliphatic heterocycles. The van der Waals surface area contributed by atoms with Crippen LogP contribution in [0.15, 0.2) is 29.3 Å². The van der Waals surface area contributed by atoms with Gasteiger partial charge >= 0.3 is 5.97 Å². The summed E-state index contributed by atoms with van der Waals surface area (Å²) in [6.45, 7) is -0.547. The number of rotatable bonds is 4. The van der Waals surface area contributed by atoms with Gasteiger partial charge in [-0.1, -0.05) is 12.1 Å². The Morgan fingerprint density at radius 3 is 2.56 bits per heavy atom. The van der Waals surface area contributed by atoms with Crippen molar-refractivity contribution in [2.24, 2.45) is 29.6 Å². The number of hydrogen-bond donors (Lipinski definition) is 2. The van der Waals surface area contributed by atoms with Gasteiger partial charge in [0.25, 0.3) is 0 Å². The average molecular weight is 489 g/mol. The molecule has 3 fully saturated rings. The number of aromatic nitrogens is 1. The van der Waals surface area contributed by atoms with Crippen LogP contribution in [0.5, 0.6) is 5.75 Å². The zero-order chi connectivity index (χ0) is 22.3. The molecule has 6 rings (SSSR count). The predicted octanol–water partition coefficient (Wildman–Crippen LogP) is 3.37. The molecule has 0 spiro atoms. The van der Waals surface area contributed by atoms with Crippen LogP contribution < -0.4 is 4.74 Å². The van der Waals surface area contributed by atoms with Crippen molar-refractivity contribution in [3.8, 4) is 5.75 Å². The summed E-state index contributed by atoms with van der Waals surface area (Å²) in [5, 5.41) is 10.4. The van der Waals surface area contributed by atoms with Crippen LogP contribution in [-0.2, 0) is 14.4 Å². The number of imide groups is 1. The molecule has 4 aliphatic rings. The Kier molecular flexibility index (Phi) is 4.58. The molecule has 3 heterocycles. The van der Waals surface area contributed by atoms with Gasteiger partial charge in [-0.2, -0.15) is 0 Å². The van der Waals surface area contributed by atoms with E-state index in [1.165, 1.54) is 4.88 Å². The maximum Gasteiger partial charge on any atom is 0.323 e. The molecule has 7 atom stereocenters. The molecular weight excluding hydrogens is 468 g/mol. The summed E-state index contributed by atoms with van der Waals surface area (Å²) in [4.78, 5) is 43.0. The lowest BCUT2D eigenvalue weighted by atomic mass is 9.68. The number of aromatic amines is 1. The van der Waals surface area contributed by atoms with E-state index in [9.17, 15) is 19.5 Å². The van der Waals surface area contributed by atoms with Crippen LogP contribution >= 0.6 is 35.3 Å². The van der Waals surface area contributed by atoms with E-state index in [0.29, 0.717) is 0 Å². The number of benzene rings is 1. The first-order valence-electron chi connectivity index (χ1n) is 10.5. The number of nitrogens with one attached hydrogen (secondary N) is 1. The van der Waals surface area contributed by atoms with E-state index in [1.807, 2.05) is 12.1 Å². The van der Waals surface area contributed by atoms with Crippen LogP contribution in [0, 0.1) is 33.5 Å². The number of amides is 2. The van der Waals surface area contributed by atoms with E-state index in [0.717, 1.165) is 31.6 Å². The maximum absolute atomic E-state index is 13.2. The highest BCUT2D eigenvalue weighted by molar-refractivity contribution is 8.00. The lowest BCUT2D eigenvalue weighted by molar-refractivity contribution is -0.149. The molecule has 166 valence electrons. The van der Waals surface area contributed by atoms with Gasteiger partial charge in [0.05, 0.1) is 24.0 Å². The van der Waals surface area contributed by atoms with Crippen molar-refractivity contribution < 1.29 is 24.2 Å². The number of nitrogens with zero attached hydrogens (tertiary/aromatic N) is 1. The van der Waals surface area contributed by atoms with E-state index < -0.39 is 24.3 Å². The minimum atomic E-state index is -1.16. The SMILES string of the molecule is COc1ccc(C2c3sc(=S)[nH]c3SC3C4CC(C5C(=O)N(CC(=O)O)C(=O)C45)C23)cc1. The number of H-pyrrole nitrogens is 1. The quantitative estimate of drug-likeness (QED) is 0.503. The Labute approximate surface area is 197 Å². The highest BCUT2D eigenvalue weighted by Gasteiger charge is 2.69. The van der Waals surface area contributed by atoms with Crippen molar-refractivity contribution in [1.82, 2.24) is 9.88 Å². The van der Waals surface area contributed by atoms with E-state index in [2.05, 4.69) is 17.1 Å². The number of hydrogen-bond acceptors (Lipinski definition) is 7. The molecule has 2 saturated carbocycles. The number of thioether (sulfide) groups is 1. The first-order chi connectivity index (χ1) is 15.4. The van der Waals surface area contributed by atoms with Crippen LogP contribution in [0.3, 0.4) is 0 Å². The number of ether oxygens (including phenoxy) is 1. The van der Waals surface area contributed by atoms with Crippen LogP contribution in [0.1, 0.15) is 22.8 Å². The number of carboxylic acid groups (broad SMARTS) is 1. The molecule has 2 aliphatic carbocycles. The summed E-state index contributed by atoms with van der Waals surface area (Å²) >= 11 is 8.79. The maximum atomic E-state index is 13.2. The topological polar surface area (TPSA) is 99.7 Å². The number of aliphatic carboxylic acids is 1. The fourth-order valence-electron chi connectivity index (χ4n) is 6.55. The number of fused-ring (bicyclic) bond motifs is 9. The van der Waals surface area contributed by atoms with Crippen molar-refractivity contribution in [3.63, 3.8) is 0 Å². The lowest BCUT2D eigenvalue weighted by Gasteiger charge is -2.43. The fraction of sp³-hybridized carbons (Fsp3) is 0.455. The minimum absolute atomic E-state index is 0.0497. The van der Waals surface area contributed by atoms with Crippen molar-refractivity contribution in [2.75, 3.05) is 13.7 Å². The number of methoxy groups -OCH3 is 1. The fourth-order valence-corrected chi connectivity index (χ4v) is 9.89. The molecule has 2 amide bonds. The molecule has 7 unspecified atom stereocenters. The molecule has 1 aromatic heterocycles. The zero-order valence-corrected chi connectivity index (χ0v) is 19.5. The molecule has 2 N–H and O–H groups in total. The van der Waals surface area contributed by atoms with Crippen molar-refractivity contribution >= 4 is 53.1 Å². The Hall–Kier alpha value is -2.17. The number of likely N-dealkylation sites (tertiary alicyclic amines) is 1. The summed E-state index contributed by atoms with van der Waals surface area (Å²) in [6.07, 6.45) is 0.832. The van der Waals surface area contributed by atoms with E-state index in [1.54, 1.807) is 30.2 Å². The summed E-state index contributed by atoms with van der Waals surface area (Å²) in [7, 11) is 1.64. The molecule has 0 radical (unpaired) electrons. The minimum Gasteiger partial charge on any atom is -0.497 e.